The molecule has 0 aliphatic carbocycles. The van der Waals surface area contributed by atoms with Crippen molar-refractivity contribution in [3.05, 3.63) is 17.2 Å². The molecule has 1 saturated heterocycles. The third-order valence-corrected chi connectivity index (χ3v) is 4.27. The summed E-state index contributed by atoms with van der Waals surface area (Å²) in [5, 5.41) is 6.65. The summed E-state index contributed by atoms with van der Waals surface area (Å²) in [5.74, 6) is 1.02. The van der Waals surface area contributed by atoms with Crippen LogP contribution in [0.25, 0.3) is 0 Å². The van der Waals surface area contributed by atoms with E-state index in [2.05, 4.69) is 10.6 Å². The summed E-state index contributed by atoms with van der Waals surface area (Å²) in [5.41, 5.74) is 0.201. The van der Waals surface area contributed by atoms with Crippen LogP contribution in [-0.2, 0) is 4.79 Å². The largest absolute Gasteiger partial charge is 0.495 e. The fourth-order valence-electron chi connectivity index (χ4n) is 2.44. The highest BCUT2D eigenvalue weighted by Crippen LogP contribution is 2.37. The van der Waals surface area contributed by atoms with Gasteiger partial charge in [0.05, 0.1) is 24.9 Å². The van der Waals surface area contributed by atoms with E-state index in [1.165, 1.54) is 7.11 Å². The molecule has 21 heavy (non-hydrogen) atoms. The zero-order chi connectivity index (χ0) is 15.5. The summed E-state index contributed by atoms with van der Waals surface area (Å²) in [4.78, 5) is 12.6. The van der Waals surface area contributed by atoms with Gasteiger partial charge in [-0.3, -0.25) is 4.79 Å². The maximum absolute atomic E-state index is 12.6. The molecule has 1 heterocycles. The van der Waals surface area contributed by atoms with Crippen LogP contribution >= 0.6 is 11.6 Å². The molecule has 116 valence electrons. The second-order valence-electron chi connectivity index (χ2n) is 5.45. The molecule has 0 atom stereocenters. The van der Waals surface area contributed by atoms with Gasteiger partial charge in [-0.1, -0.05) is 18.5 Å². The number of halogens is 1. The van der Waals surface area contributed by atoms with Crippen molar-refractivity contribution < 1.29 is 14.3 Å². The van der Waals surface area contributed by atoms with Crippen molar-refractivity contribution in [3.63, 3.8) is 0 Å². The van der Waals surface area contributed by atoms with Gasteiger partial charge >= 0.3 is 0 Å². The van der Waals surface area contributed by atoms with Gasteiger partial charge in [-0.05, 0) is 25.9 Å². The number of hydrogen-bond acceptors (Lipinski definition) is 4. The summed E-state index contributed by atoms with van der Waals surface area (Å²) < 4.78 is 10.5. The summed E-state index contributed by atoms with van der Waals surface area (Å²) in [6.07, 6.45) is 1.62. The number of ether oxygens (including phenoxy) is 2. The van der Waals surface area contributed by atoms with E-state index in [4.69, 9.17) is 21.1 Å². The van der Waals surface area contributed by atoms with E-state index < -0.39 is 0 Å². The first-order valence-corrected chi connectivity index (χ1v) is 7.31. The first kappa shape index (κ1) is 15.9. The summed E-state index contributed by atoms with van der Waals surface area (Å²) in [6, 6.07) is 3.32. The highest BCUT2D eigenvalue weighted by Gasteiger charge is 2.35. The molecule has 0 radical (unpaired) electrons. The minimum absolute atomic E-state index is 0.00771. The first-order chi connectivity index (χ1) is 10.00. The standard InChI is InChI=1S/C15H21ClN2O3/c1-15(4-6-17-7-5-15)14(19)18-11-9-12(20-2)10(16)8-13(11)21-3/h8-9,17H,4-7H2,1-3H3,(H,18,19). The number of anilines is 1. The smallest absolute Gasteiger partial charge is 0.230 e. The van der Waals surface area contributed by atoms with E-state index in [0.29, 0.717) is 22.2 Å². The Kier molecular flexibility index (Phi) is 4.96. The Bertz CT molecular complexity index is 528. The Hall–Kier alpha value is -1.46. The molecule has 1 fully saturated rings. The number of piperidine rings is 1. The molecule has 1 aromatic rings. The molecule has 1 aliphatic rings. The second-order valence-corrected chi connectivity index (χ2v) is 5.86. The van der Waals surface area contributed by atoms with Gasteiger partial charge in [0.2, 0.25) is 5.91 Å². The van der Waals surface area contributed by atoms with E-state index in [-0.39, 0.29) is 11.3 Å². The molecular weight excluding hydrogens is 292 g/mol. The van der Waals surface area contributed by atoms with Crippen molar-refractivity contribution in [3.8, 4) is 11.5 Å². The predicted octanol–water partition coefficient (Wildman–Crippen LogP) is 2.69. The molecule has 0 bridgehead atoms. The van der Waals surface area contributed by atoms with Crippen LogP contribution in [0.1, 0.15) is 19.8 Å². The first-order valence-electron chi connectivity index (χ1n) is 6.94. The average molecular weight is 313 g/mol. The van der Waals surface area contributed by atoms with E-state index in [1.54, 1.807) is 19.2 Å². The van der Waals surface area contributed by atoms with Crippen LogP contribution in [-0.4, -0.2) is 33.2 Å². The maximum atomic E-state index is 12.6. The van der Waals surface area contributed by atoms with Crippen molar-refractivity contribution in [2.45, 2.75) is 19.8 Å². The second kappa shape index (κ2) is 6.54. The molecular formula is C15H21ClN2O3. The Morgan fingerprint density at radius 1 is 1.24 bits per heavy atom. The molecule has 0 unspecified atom stereocenters. The van der Waals surface area contributed by atoms with Crippen molar-refractivity contribution in [1.82, 2.24) is 5.32 Å². The van der Waals surface area contributed by atoms with E-state index in [1.807, 2.05) is 6.92 Å². The van der Waals surface area contributed by atoms with Crippen molar-refractivity contribution in [2.24, 2.45) is 5.41 Å². The fourth-order valence-corrected chi connectivity index (χ4v) is 2.67. The van der Waals surface area contributed by atoms with Crippen LogP contribution < -0.4 is 20.1 Å². The number of rotatable bonds is 4. The van der Waals surface area contributed by atoms with Crippen LogP contribution in [0.5, 0.6) is 11.5 Å². The van der Waals surface area contributed by atoms with Crippen LogP contribution in [0, 0.1) is 5.41 Å². The SMILES string of the molecule is COc1cc(NC(=O)C2(C)CCNCC2)c(OC)cc1Cl. The Morgan fingerprint density at radius 2 is 1.86 bits per heavy atom. The van der Waals surface area contributed by atoms with Gasteiger partial charge in [0, 0.05) is 17.5 Å². The number of amides is 1. The summed E-state index contributed by atoms with van der Waals surface area (Å²) in [6.45, 7) is 3.69. The molecule has 5 nitrogen and oxygen atoms in total. The lowest BCUT2D eigenvalue weighted by molar-refractivity contribution is -0.126. The monoisotopic (exact) mass is 312 g/mol. The molecule has 6 heteroatoms. The number of benzene rings is 1. The number of carbonyl (C=O) groups is 1. The number of hydrogen-bond donors (Lipinski definition) is 2. The van der Waals surface area contributed by atoms with Gasteiger partial charge in [0.1, 0.15) is 11.5 Å². The van der Waals surface area contributed by atoms with Crippen LogP contribution in [0.3, 0.4) is 0 Å². The Labute approximate surface area is 130 Å². The number of methoxy groups -OCH3 is 2. The highest BCUT2D eigenvalue weighted by molar-refractivity contribution is 6.32. The fraction of sp³-hybridized carbons (Fsp3) is 0.533. The maximum Gasteiger partial charge on any atom is 0.230 e. The number of nitrogens with one attached hydrogen (secondary N) is 2. The summed E-state index contributed by atoms with van der Waals surface area (Å²) >= 11 is 6.07. The van der Waals surface area contributed by atoms with E-state index in [9.17, 15) is 4.79 Å². The molecule has 2 N–H and O–H groups in total. The number of carbonyl (C=O) groups excluding carboxylic acids is 1. The molecule has 0 spiro atoms. The third kappa shape index (κ3) is 3.41. The molecule has 0 saturated carbocycles. The minimum Gasteiger partial charge on any atom is -0.495 e. The van der Waals surface area contributed by atoms with Gasteiger partial charge in [0.25, 0.3) is 0 Å². The minimum atomic E-state index is -0.372. The van der Waals surface area contributed by atoms with Gasteiger partial charge in [-0.2, -0.15) is 0 Å². The molecule has 2 rings (SSSR count). The van der Waals surface area contributed by atoms with E-state index in [0.717, 1.165) is 25.9 Å². The van der Waals surface area contributed by atoms with Crippen molar-refractivity contribution in [2.75, 3.05) is 32.6 Å². The van der Waals surface area contributed by atoms with Crippen LogP contribution in [0.2, 0.25) is 5.02 Å². The van der Waals surface area contributed by atoms with Gasteiger partial charge in [-0.25, -0.2) is 0 Å². The van der Waals surface area contributed by atoms with Crippen LogP contribution in [0.4, 0.5) is 5.69 Å². The normalized spacial score (nSPS) is 17.1. The lowest BCUT2D eigenvalue weighted by Crippen LogP contribution is -2.42. The topological polar surface area (TPSA) is 59.6 Å². The zero-order valence-electron chi connectivity index (χ0n) is 12.6. The molecule has 1 aliphatic heterocycles. The zero-order valence-corrected chi connectivity index (χ0v) is 13.3. The Morgan fingerprint density at radius 3 is 2.43 bits per heavy atom. The quantitative estimate of drug-likeness (QED) is 0.897. The van der Waals surface area contributed by atoms with Gasteiger partial charge in [-0.15, -0.1) is 0 Å². The third-order valence-electron chi connectivity index (χ3n) is 3.98. The van der Waals surface area contributed by atoms with Crippen LogP contribution in [0.15, 0.2) is 12.1 Å². The molecule has 1 aromatic carbocycles. The molecule has 1 amide bonds. The predicted molar refractivity (Wildman–Crippen MR) is 83.4 cm³/mol. The Balaban J connectivity index is 2.23. The van der Waals surface area contributed by atoms with Crippen molar-refractivity contribution >= 4 is 23.2 Å². The highest BCUT2D eigenvalue weighted by atomic mass is 35.5. The van der Waals surface area contributed by atoms with Crippen molar-refractivity contribution in [1.29, 1.82) is 0 Å². The summed E-state index contributed by atoms with van der Waals surface area (Å²) in [7, 11) is 3.08. The van der Waals surface area contributed by atoms with Gasteiger partial charge in [0.15, 0.2) is 0 Å². The van der Waals surface area contributed by atoms with Gasteiger partial charge < -0.3 is 20.1 Å². The van der Waals surface area contributed by atoms with E-state index >= 15 is 0 Å². The average Bonchev–Trinajstić information content (AvgIpc) is 2.49. The molecule has 0 aromatic heterocycles. The lowest BCUT2D eigenvalue weighted by atomic mass is 9.80. The lowest BCUT2D eigenvalue weighted by Gasteiger charge is -2.32.